The fourth-order valence-electron chi connectivity index (χ4n) is 3.73. The summed E-state index contributed by atoms with van der Waals surface area (Å²) in [6, 6.07) is 8.31. The summed E-state index contributed by atoms with van der Waals surface area (Å²) in [5.74, 6) is -0.635. The zero-order chi connectivity index (χ0) is 14.0. The molecule has 108 valence electrons. The minimum absolute atomic E-state index is 0.0471. The number of hydrogen-bond donors (Lipinski definition) is 1. The first-order valence-electron chi connectivity index (χ1n) is 7.64. The van der Waals surface area contributed by atoms with Crippen molar-refractivity contribution in [1.29, 1.82) is 0 Å². The number of carboxylic acids is 1. The van der Waals surface area contributed by atoms with Crippen LogP contribution >= 0.6 is 0 Å². The molecule has 0 saturated heterocycles. The van der Waals surface area contributed by atoms with Crippen LogP contribution in [0.2, 0.25) is 0 Å². The van der Waals surface area contributed by atoms with Crippen LogP contribution in [-0.4, -0.2) is 17.7 Å². The Labute approximate surface area is 120 Å². The van der Waals surface area contributed by atoms with Crippen molar-refractivity contribution in [1.82, 2.24) is 0 Å². The van der Waals surface area contributed by atoms with Gasteiger partial charge in [0.05, 0.1) is 18.1 Å². The molecule has 1 aromatic rings. The van der Waals surface area contributed by atoms with Gasteiger partial charge >= 0.3 is 5.97 Å². The minimum atomic E-state index is -0.635. The average molecular weight is 274 g/mol. The lowest BCUT2D eigenvalue weighted by atomic mass is 9.69. The van der Waals surface area contributed by atoms with E-state index in [9.17, 15) is 9.90 Å². The second-order valence-corrected chi connectivity index (χ2v) is 6.16. The Balaban J connectivity index is 1.85. The minimum Gasteiger partial charge on any atom is -0.481 e. The first-order chi connectivity index (χ1) is 9.71. The number of aliphatic carboxylic acids is 1. The fraction of sp³-hybridized carbons (Fsp3) is 0.588. The third-order valence-electron chi connectivity index (χ3n) is 4.93. The number of carboxylic acid groups (broad SMARTS) is 1. The van der Waals surface area contributed by atoms with E-state index in [0.29, 0.717) is 13.0 Å². The van der Waals surface area contributed by atoms with Crippen LogP contribution in [0.25, 0.3) is 0 Å². The van der Waals surface area contributed by atoms with Crippen LogP contribution in [-0.2, 0) is 16.0 Å². The van der Waals surface area contributed by atoms with Gasteiger partial charge in [-0.3, -0.25) is 4.79 Å². The van der Waals surface area contributed by atoms with Crippen LogP contribution in [0.15, 0.2) is 24.3 Å². The van der Waals surface area contributed by atoms with Crippen molar-refractivity contribution in [2.45, 2.75) is 51.0 Å². The maximum absolute atomic E-state index is 11.8. The standard InChI is InChI=1S/C17H22O3/c18-16(19)17(9-4-1-5-10-17)12-15-14-7-3-2-6-13(14)8-11-20-15/h2-3,6-7,15H,1,4-5,8-12H2,(H,18,19). The molecule has 1 atom stereocenters. The monoisotopic (exact) mass is 274 g/mol. The Morgan fingerprint density at radius 2 is 2.00 bits per heavy atom. The van der Waals surface area contributed by atoms with Crippen LogP contribution < -0.4 is 0 Å². The highest BCUT2D eigenvalue weighted by Crippen LogP contribution is 2.45. The van der Waals surface area contributed by atoms with E-state index in [2.05, 4.69) is 18.2 Å². The maximum atomic E-state index is 11.8. The SMILES string of the molecule is O=C(O)C1(CC2OCCc3ccccc32)CCCCC1. The van der Waals surface area contributed by atoms with Gasteiger partial charge in [-0.2, -0.15) is 0 Å². The molecule has 1 aliphatic carbocycles. The number of ether oxygens (including phenoxy) is 1. The van der Waals surface area contributed by atoms with Gasteiger partial charge in [-0.15, -0.1) is 0 Å². The molecule has 0 amide bonds. The largest absolute Gasteiger partial charge is 0.481 e. The molecule has 0 spiro atoms. The topological polar surface area (TPSA) is 46.5 Å². The molecule has 3 rings (SSSR count). The summed E-state index contributed by atoms with van der Waals surface area (Å²) < 4.78 is 5.92. The zero-order valence-electron chi connectivity index (χ0n) is 11.8. The third-order valence-corrected chi connectivity index (χ3v) is 4.93. The summed E-state index contributed by atoms with van der Waals surface area (Å²) in [6.45, 7) is 0.706. The molecule has 0 bridgehead atoms. The quantitative estimate of drug-likeness (QED) is 0.913. The summed E-state index contributed by atoms with van der Waals surface area (Å²) in [4.78, 5) is 11.8. The predicted molar refractivity (Wildman–Crippen MR) is 76.6 cm³/mol. The van der Waals surface area contributed by atoms with Gasteiger partial charge in [-0.25, -0.2) is 0 Å². The van der Waals surface area contributed by atoms with Gasteiger partial charge in [0.2, 0.25) is 0 Å². The molecule has 1 saturated carbocycles. The van der Waals surface area contributed by atoms with Crippen molar-refractivity contribution < 1.29 is 14.6 Å². The second-order valence-electron chi connectivity index (χ2n) is 6.16. The fourth-order valence-corrected chi connectivity index (χ4v) is 3.73. The van der Waals surface area contributed by atoms with Gasteiger partial charge in [0, 0.05) is 0 Å². The highest BCUT2D eigenvalue weighted by Gasteiger charge is 2.42. The number of hydrogen-bond acceptors (Lipinski definition) is 2. The van der Waals surface area contributed by atoms with E-state index < -0.39 is 11.4 Å². The number of fused-ring (bicyclic) bond motifs is 1. The van der Waals surface area contributed by atoms with Crippen molar-refractivity contribution in [3.05, 3.63) is 35.4 Å². The lowest BCUT2D eigenvalue weighted by Gasteiger charge is -2.37. The Morgan fingerprint density at radius 3 is 2.75 bits per heavy atom. The molecule has 3 nitrogen and oxygen atoms in total. The van der Waals surface area contributed by atoms with Crippen molar-refractivity contribution in [2.75, 3.05) is 6.61 Å². The first-order valence-corrected chi connectivity index (χ1v) is 7.64. The average Bonchev–Trinajstić information content (AvgIpc) is 2.48. The molecule has 1 aromatic carbocycles. The molecular formula is C17H22O3. The predicted octanol–water partition coefficient (Wildman–Crippen LogP) is 3.73. The Hall–Kier alpha value is -1.35. The van der Waals surface area contributed by atoms with Crippen molar-refractivity contribution in [2.24, 2.45) is 5.41 Å². The van der Waals surface area contributed by atoms with E-state index in [-0.39, 0.29) is 6.10 Å². The van der Waals surface area contributed by atoms with E-state index in [0.717, 1.165) is 38.5 Å². The zero-order valence-corrected chi connectivity index (χ0v) is 11.8. The van der Waals surface area contributed by atoms with E-state index in [1.807, 2.05) is 6.07 Å². The van der Waals surface area contributed by atoms with Crippen LogP contribution in [0, 0.1) is 5.41 Å². The normalized spacial score (nSPS) is 24.9. The lowest BCUT2D eigenvalue weighted by Crippen LogP contribution is -2.36. The number of benzene rings is 1. The van der Waals surface area contributed by atoms with Crippen LogP contribution in [0.5, 0.6) is 0 Å². The van der Waals surface area contributed by atoms with Gasteiger partial charge in [0.1, 0.15) is 0 Å². The molecular weight excluding hydrogens is 252 g/mol. The lowest BCUT2D eigenvalue weighted by molar-refractivity contribution is -0.154. The van der Waals surface area contributed by atoms with E-state index in [1.165, 1.54) is 11.1 Å². The van der Waals surface area contributed by atoms with Crippen molar-refractivity contribution in [3.63, 3.8) is 0 Å². The highest BCUT2D eigenvalue weighted by atomic mass is 16.5. The Bertz CT molecular complexity index is 489. The Kier molecular flexibility index (Phi) is 3.79. The second kappa shape index (κ2) is 5.57. The van der Waals surface area contributed by atoms with Crippen molar-refractivity contribution >= 4 is 5.97 Å². The number of rotatable bonds is 3. The van der Waals surface area contributed by atoms with Gasteiger partial charge in [0.15, 0.2) is 0 Å². The van der Waals surface area contributed by atoms with Crippen molar-refractivity contribution in [3.8, 4) is 0 Å². The summed E-state index contributed by atoms with van der Waals surface area (Å²) in [6.07, 6.45) is 6.33. The molecule has 1 unspecified atom stereocenters. The summed E-state index contributed by atoms with van der Waals surface area (Å²) >= 11 is 0. The first kappa shape index (κ1) is 13.6. The van der Waals surface area contributed by atoms with E-state index >= 15 is 0 Å². The molecule has 20 heavy (non-hydrogen) atoms. The van der Waals surface area contributed by atoms with Crippen LogP contribution in [0.4, 0.5) is 0 Å². The van der Waals surface area contributed by atoms with Crippen LogP contribution in [0.1, 0.15) is 55.8 Å². The van der Waals surface area contributed by atoms with E-state index in [4.69, 9.17) is 4.74 Å². The van der Waals surface area contributed by atoms with E-state index in [1.54, 1.807) is 0 Å². The maximum Gasteiger partial charge on any atom is 0.309 e. The van der Waals surface area contributed by atoms with Gasteiger partial charge in [-0.05, 0) is 36.8 Å². The Morgan fingerprint density at radius 1 is 1.25 bits per heavy atom. The molecule has 2 aliphatic rings. The molecule has 1 fully saturated rings. The summed E-state index contributed by atoms with van der Waals surface area (Å²) in [5, 5.41) is 9.71. The molecule has 1 heterocycles. The molecule has 0 radical (unpaired) electrons. The molecule has 0 aromatic heterocycles. The van der Waals surface area contributed by atoms with Gasteiger partial charge < -0.3 is 9.84 Å². The number of carbonyl (C=O) groups is 1. The summed E-state index contributed by atoms with van der Waals surface area (Å²) in [5.41, 5.74) is 1.94. The molecule has 3 heteroatoms. The smallest absolute Gasteiger partial charge is 0.309 e. The summed E-state index contributed by atoms with van der Waals surface area (Å²) in [7, 11) is 0. The van der Waals surface area contributed by atoms with Gasteiger partial charge in [-0.1, -0.05) is 43.5 Å². The third kappa shape index (κ3) is 2.47. The molecule has 1 aliphatic heterocycles. The van der Waals surface area contributed by atoms with Gasteiger partial charge in [0.25, 0.3) is 0 Å². The van der Waals surface area contributed by atoms with Crippen LogP contribution in [0.3, 0.4) is 0 Å². The molecule has 1 N–H and O–H groups in total. The highest BCUT2D eigenvalue weighted by molar-refractivity contribution is 5.74.